The normalized spacial score (nSPS) is 23.3. The molecule has 3 aliphatic rings. The van der Waals surface area contributed by atoms with E-state index in [1.165, 1.54) is 17.0 Å². The van der Waals surface area contributed by atoms with E-state index < -0.39 is 0 Å². The van der Waals surface area contributed by atoms with E-state index in [-0.39, 0.29) is 46.9 Å². The summed E-state index contributed by atoms with van der Waals surface area (Å²) in [5, 5.41) is 3.43. The summed E-state index contributed by atoms with van der Waals surface area (Å²) in [5.41, 5.74) is 1.23. The highest BCUT2D eigenvalue weighted by atomic mass is 19.1. The van der Waals surface area contributed by atoms with Crippen LogP contribution in [-0.4, -0.2) is 61.1 Å². The van der Waals surface area contributed by atoms with Crippen molar-refractivity contribution in [3.05, 3.63) is 59.0 Å². The van der Waals surface area contributed by atoms with Gasteiger partial charge in [-0.05, 0) is 74.3 Å². The van der Waals surface area contributed by atoms with Gasteiger partial charge in [-0.1, -0.05) is 13.8 Å². The van der Waals surface area contributed by atoms with Crippen molar-refractivity contribution in [3.63, 3.8) is 0 Å². The Hall–Kier alpha value is -3.86. The summed E-state index contributed by atoms with van der Waals surface area (Å²) < 4.78 is 22.5. The maximum Gasteiger partial charge on any atom is 0.333 e. The summed E-state index contributed by atoms with van der Waals surface area (Å²) >= 11 is 0. The molecule has 1 aliphatic carbocycles. The lowest BCUT2D eigenvalue weighted by molar-refractivity contribution is -0.156. The Bertz CT molecular complexity index is 1500. The van der Waals surface area contributed by atoms with Gasteiger partial charge in [-0.25, -0.2) is 19.2 Å². The number of aromatic nitrogens is 4. The molecule has 10 nitrogen and oxygen atoms in total. The van der Waals surface area contributed by atoms with Crippen molar-refractivity contribution in [1.29, 1.82) is 0 Å². The van der Waals surface area contributed by atoms with Crippen molar-refractivity contribution in [2.24, 2.45) is 5.41 Å². The lowest BCUT2D eigenvalue weighted by Gasteiger charge is -2.41. The Labute approximate surface area is 243 Å². The number of nitrogens with zero attached hydrogens (tertiary/aromatic N) is 5. The van der Waals surface area contributed by atoms with Gasteiger partial charge in [0.15, 0.2) is 0 Å². The highest BCUT2D eigenvalue weighted by molar-refractivity contribution is 5.98. The molecule has 1 saturated carbocycles. The number of rotatable bonds is 6. The number of carbonyl (C=O) groups is 2. The number of imide groups is 1. The summed E-state index contributed by atoms with van der Waals surface area (Å²) in [6.45, 7) is 5.12. The maximum absolute atomic E-state index is 13.7. The van der Waals surface area contributed by atoms with Crippen LogP contribution in [0.3, 0.4) is 0 Å². The Morgan fingerprint density at radius 3 is 2.24 bits per heavy atom. The van der Waals surface area contributed by atoms with E-state index in [9.17, 15) is 18.8 Å². The van der Waals surface area contributed by atoms with Crippen molar-refractivity contribution in [2.45, 2.75) is 83.3 Å². The fraction of sp³-hybridized carbons (Fsp3) is 0.516. The number of piperidine rings is 1. The topological polar surface area (TPSA) is 111 Å². The molecule has 11 heteroatoms. The molecule has 2 saturated heterocycles. The molecule has 42 heavy (non-hydrogen) atoms. The molecule has 0 unspecified atom stereocenters. The second-order valence-corrected chi connectivity index (χ2v) is 12.5. The van der Waals surface area contributed by atoms with Crippen LogP contribution in [0.5, 0.6) is 0 Å². The molecule has 0 spiro atoms. The zero-order chi connectivity index (χ0) is 29.4. The molecule has 2 aromatic heterocycles. The largest absolute Gasteiger partial charge is 0.381 e. The van der Waals surface area contributed by atoms with Gasteiger partial charge < -0.3 is 10.1 Å². The van der Waals surface area contributed by atoms with Gasteiger partial charge in [0.05, 0.1) is 17.1 Å². The van der Waals surface area contributed by atoms with E-state index in [4.69, 9.17) is 9.72 Å². The quantitative estimate of drug-likeness (QED) is 0.431. The smallest absolute Gasteiger partial charge is 0.333 e. The molecule has 222 valence electrons. The number of likely N-dealkylation sites (tertiary alicyclic amines) is 1. The van der Waals surface area contributed by atoms with Gasteiger partial charge in [0.2, 0.25) is 17.8 Å². The average molecular weight is 577 g/mol. The number of benzene rings is 1. The predicted octanol–water partition coefficient (Wildman–Crippen LogP) is 4.48. The zero-order valence-electron chi connectivity index (χ0n) is 24.1. The fourth-order valence-corrected chi connectivity index (χ4v) is 6.54. The number of amides is 2. The highest BCUT2D eigenvalue weighted by Gasteiger charge is 2.41. The Morgan fingerprint density at radius 2 is 1.57 bits per heavy atom. The first kappa shape index (κ1) is 28.3. The number of ether oxygens (including phenoxy) is 1. The van der Waals surface area contributed by atoms with Gasteiger partial charge in [0.1, 0.15) is 5.82 Å². The van der Waals surface area contributed by atoms with E-state index in [1.54, 1.807) is 33.5 Å². The van der Waals surface area contributed by atoms with Crippen molar-refractivity contribution in [1.82, 2.24) is 24.0 Å². The van der Waals surface area contributed by atoms with Crippen molar-refractivity contribution in [2.75, 3.05) is 18.5 Å². The van der Waals surface area contributed by atoms with E-state index in [2.05, 4.69) is 10.3 Å². The number of carbonyl (C=O) groups excluding carboxylic acids is 2. The van der Waals surface area contributed by atoms with Crippen molar-refractivity contribution < 1.29 is 18.7 Å². The van der Waals surface area contributed by atoms with Gasteiger partial charge in [-0.3, -0.25) is 23.6 Å². The number of anilines is 1. The molecule has 0 radical (unpaired) electrons. The molecule has 0 atom stereocenters. The summed E-state index contributed by atoms with van der Waals surface area (Å²) in [6.07, 6.45) is 8.77. The molecule has 2 amide bonds. The van der Waals surface area contributed by atoms with Gasteiger partial charge in [0.25, 0.3) is 0 Å². The minimum atomic E-state index is -0.377. The van der Waals surface area contributed by atoms with Crippen molar-refractivity contribution in [3.8, 4) is 17.1 Å². The molecule has 4 heterocycles. The summed E-state index contributed by atoms with van der Waals surface area (Å²) in [6, 6.07) is 7.65. The Morgan fingerprint density at radius 1 is 0.905 bits per heavy atom. The molecular weight excluding hydrogens is 539 g/mol. The third-order valence-electron chi connectivity index (χ3n) is 8.69. The monoisotopic (exact) mass is 576 g/mol. The van der Waals surface area contributed by atoms with Crippen LogP contribution in [0.25, 0.3) is 17.1 Å². The van der Waals surface area contributed by atoms with E-state index >= 15 is 0 Å². The van der Waals surface area contributed by atoms with Crippen LogP contribution in [0, 0.1) is 11.2 Å². The van der Waals surface area contributed by atoms with Gasteiger partial charge >= 0.3 is 5.69 Å². The zero-order valence-corrected chi connectivity index (χ0v) is 24.1. The van der Waals surface area contributed by atoms with Crippen molar-refractivity contribution >= 4 is 17.8 Å². The third-order valence-corrected chi connectivity index (χ3v) is 8.69. The molecule has 3 aromatic rings. The summed E-state index contributed by atoms with van der Waals surface area (Å²) in [4.78, 5) is 49.9. The predicted molar refractivity (Wildman–Crippen MR) is 155 cm³/mol. The number of imidazole rings is 1. The van der Waals surface area contributed by atoms with Gasteiger partial charge in [-0.15, -0.1) is 0 Å². The van der Waals surface area contributed by atoms with Crippen LogP contribution >= 0.6 is 0 Å². The second-order valence-electron chi connectivity index (χ2n) is 12.5. The molecule has 3 fully saturated rings. The van der Waals surface area contributed by atoms with E-state index in [0.717, 1.165) is 38.5 Å². The lowest BCUT2D eigenvalue weighted by Crippen LogP contribution is -2.52. The van der Waals surface area contributed by atoms with Gasteiger partial charge in [0, 0.05) is 56.6 Å². The highest BCUT2D eigenvalue weighted by Crippen LogP contribution is 2.35. The number of hydrogen-bond acceptors (Lipinski definition) is 7. The van der Waals surface area contributed by atoms with Crippen LogP contribution in [-0.2, 0) is 14.3 Å². The van der Waals surface area contributed by atoms with Crippen LogP contribution in [0.1, 0.15) is 71.3 Å². The fourth-order valence-electron chi connectivity index (χ4n) is 6.54. The number of halogens is 1. The molecular formula is C31H37FN6O4. The minimum Gasteiger partial charge on any atom is -0.381 e. The summed E-state index contributed by atoms with van der Waals surface area (Å²) in [7, 11) is 0. The Kier molecular flexibility index (Phi) is 7.69. The van der Waals surface area contributed by atoms with Crippen LogP contribution in [0.4, 0.5) is 10.3 Å². The van der Waals surface area contributed by atoms with Gasteiger partial charge in [-0.2, -0.15) is 0 Å². The van der Waals surface area contributed by atoms with Crippen LogP contribution in [0.2, 0.25) is 0 Å². The summed E-state index contributed by atoms with van der Waals surface area (Å²) in [5.74, 6) is -0.0646. The van der Waals surface area contributed by atoms with E-state index in [0.29, 0.717) is 49.1 Å². The molecule has 1 aromatic carbocycles. The number of nitrogens with one attached hydrogen (secondary N) is 1. The van der Waals surface area contributed by atoms with Crippen LogP contribution in [0.15, 0.2) is 47.5 Å². The Balaban J connectivity index is 1.21. The molecule has 6 rings (SSSR count). The third kappa shape index (κ3) is 5.74. The first-order chi connectivity index (χ1) is 20.2. The standard InChI is InChI=1S/C31H37FN6O4/c1-31(2)17-27(39)38(28(40)18-31)24-9-5-21(6-10-24)34-29-33-14-11-25(35-29)26-19-36(22-12-15-42-16-13-22)30(41)37(26)23-7-3-20(32)4-8-23/h3-4,7-8,11,14,19,21-22,24H,5-6,9-10,12-13,15-18H2,1-2H3,(H,33,34,35). The minimum absolute atomic E-state index is 0.00561. The second kappa shape index (κ2) is 11.4. The average Bonchev–Trinajstić information content (AvgIpc) is 3.31. The van der Waals surface area contributed by atoms with Crippen LogP contribution < -0.4 is 11.0 Å². The SMILES string of the molecule is CC1(C)CC(=O)N(C2CCC(Nc3nccc(-c4cn(C5CCOCC5)c(=O)n4-c4ccc(F)cc4)n3)CC2)C(=O)C1. The maximum atomic E-state index is 13.7. The number of hydrogen-bond donors (Lipinski definition) is 1. The first-order valence-corrected chi connectivity index (χ1v) is 14.8. The first-order valence-electron chi connectivity index (χ1n) is 14.8. The molecule has 0 bridgehead atoms. The molecule has 2 aliphatic heterocycles. The lowest BCUT2D eigenvalue weighted by atomic mass is 9.80. The van der Waals surface area contributed by atoms with E-state index in [1.807, 2.05) is 20.0 Å². The molecule has 1 N–H and O–H groups in total.